The van der Waals surface area contributed by atoms with Gasteiger partial charge in [0.05, 0.1) is 33.4 Å². The summed E-state index contributed by atoms with van der Waals surface area (Å²) in [6, 6.07) is 78.7. The van der Waals surface area contributed by atoms with Crippen molar-refractivity contribution in [2.24, 2.45) is 0 Å². The lowest BCUT2D eigenvalue weighted by atomic mass is 9.86. The van der Waals surface area contributed by atoms with Gasteiger partial charge in [0.2, 0.25) is 0 Å². The Kier molecular flexibility index (Phi) is 11.5. The molecule has 0 fully saturated rings. The Morgan fingerprint density at radius 1 is 0.211 bits per heavy atom. The highest BCUT2D eigenvalue weighted by atomic mass is 15.0. The molecular weight excluding hydrogens is 917 g/mol. The largest absolute Gasteiger partial charge is 0.309 e. The quantitative estimate of drug-likeness (QED) is 0.157. The van der Waals surface area contributed by atoms with E-state index in [9.17, 15) is 0 Å². The second kappa shape index (κ2) is 17.8. The highest BCUT2D eigenvalue weighted by molar-refractivity contribution is 6.15. The van der Waals surface area contributed by atoms with Crippen molar-refractivity contribution in [3.05, 3.63) is 229 Å². The molecule has 2 nitrogen and oxygen atoms in total. The monoisotopic (exact) mass is 987 g/mol. The van der Waals surface area contributed by atoms with Gasteiger partial charge >= 0.3 is 0 Å². The topological polar surface area (TPSA) is 9.86 Å². The third kappa shape index (κ3) is 8.62. The van der Waals surface area contributed by atoms with Crippen molar-refractivity contribution in [3.8, 4) is 55.9 Å². The first-order valence-electron chi connectivity index (χ1n) is 27.3. The van der Waals surface area contributed by atoms with Crippen LogP contribution in [0.1, 0.15) is 105 Å². The summed E-state index contributed by atoms with van der Waals surface area (Å²) in [5.41, 5.74) is 22.5. The molecule has 376 valence electrons. The lowest BCUT2D eigenvalue weighted by Crippen LogP contribution is -2.10. The fraction of sp³-hybridized carbons (Fsp3) is 0.216. The van der Waals surface area contributed by atoms with E-state index >= 15 is 0 Å². The molecule has 0 amide bonds. The van der Waals surface area contributed by atoms with E-state index in [1.165, 1.54) is 121 Å². The number of hydrogen-bond acceptors (Lipinski definition) is 0. The summed E-state index contributed by atoms with van der Waals surface area (Å²) in [5, 5.41) is 7.35. The Morgan fingerprint density at radius 3 is 0.632 bits per heavy atom. The molecule has 12 rings (SSSR count). The molecule has 0 N–H and O–H groups in total. The minimum absolute atomic E-state index is 0.0864. The van der Waals surface area contributed by atoms with Gasteiger partial charge in [-0.15, -0.1) is 0 Å². The Bertz CT molecular complexity index is 3680. The van der Waals surface area contributed by atoms with E-state index in [0.717, 1.165) is 11.4 Å². The molecule has 0 saturated heterocycles. The summed E-state index contributed by atoms with van der Waals surface area (Å²) in [7, 11) is 0. The third-order valence-corrected chi connectivity index (χ3v) is 16.2. The minimum Gasteiger partial charge on any atom is -0.309 e. The van der Waals surface area contributed by atoms with Crippen LogP contribution in [0.25, 0.3) is 110 Å². The third-order valence-electron chi connectivity index (χ3n) is 16.2. The second-order valence-electron chi connectivity index (χ2n) is 25.6. The van der Waals surface area contributed by atoms with Gasteiger partial charge in [0.1, 0.15) is 0 Å². The van der Waals surface area contributed by atoms with Gasteiger partial charge in [0.25, 0.3) is 0 Å². The molecule has 2 heteroatoms. The molecule has 2 heterocycles. The van der Waals surface area contributed by atoms with E-state index in [-0.39, 0.29) is 21.7 Å². The molecule has 0 saturated carbocycles. The van der Waals surface area contributed by atoms with Gasteiger partial charge in [-0.2, -0.15) is 0 Å². The molecule has 0 bridgehead atoms. The molecule has 76 heavy (non-hydrogen) atoms. The van der Waals surface area contributed by atoms with Crippen molar-refractivity contribution in [3.63, 3.8) is 0 Å². The molecule has 10 aromatic carbocycles. The first kappa shape index (κ1) is 49.0. The first-order chi connectivity index (χ1) is 36.2. The molecule has 12 aromatic rings. The van der Waals surface area contributed by atoms with Crippen molar-refractivity contribution in [2.45, 2.75) is 105 Å². The van der Waals surface area contributed by atoms with E-state index in [1.54, 1.807) is 0 Å². The fourth-order valence-electron chi connectivity index (χ4n) is 11.6. The van der Waals surface area contributed by atoms with E-state index in [2.05, 4.69) is 298 Å². The van der Waals surface area contributed by atoms with Crippen molar-refractivity contribution in [1.82, 2.24) is 9.13 Å². The normalized spacial score (nSPS) is 12.7. The maximum absolute atomic E-state index is 2.51. The molecule has 0 radical (unpaired) electrons. The van der Waals surface area contributed by atoms with E-state index in [4.69, 9.17) is 0 Å². The maximum atomic E-state index is 2.51. The Labute approximate surface area is 450 Å². The van der Waals surface area contributed by atoms with Crippen LogP contribution in [0, 0.1) is 0 Å². The Hall–Kier alpha value is -7.94. The fourth-order valence-corrected chi connectivity index (χ4v) is 11.6. The van der Waals surface area contributed by atoms with E-state index in [1.807, 2.05) is 0 Å². The van der Waals surface area contributed by atoms with E-state index < -0.39 is 0 Å². The van der Waals surface area contributed by atoms with Crippen molar-refractivity contribution >= 4 is 54.4 Å². The molecule has 0 atom stereocenters. The summed E-state index contributed by atoms with van der Waals surface area (Å²) in [5.74, 6) is 0. The van der Waals surface area contributed by atoms with Crippen LogP contribution in [-0.4, -0.2) is 9.13 Å². The molecule has 0 aliphatic rings. The van der Waals surface area contributed by atoms with Gasteiger partial charge in [0, 0.05) is 32.3 Å². The van der Waals surface area contributed by atoms with Crippen molar-refractivity contribution in [2.75, 3.05) is 0 Å². The minimum atomic E-state index is 0.0864. The number of hydrogen-bond donors (Lipinski definition) is 0. The summed E-state index contributed by atoms with van der Waals surface area (Å²) >= 11 is 0. The predicted molar refractivity (Wildman–Crippen MR) is 329 cm³/mol. The van der Waals surface area contributed by atoms with Crippen LogP contribution in [-0.2, 0) is 21.7 Å². The van der Waals surface area contributed by atoms with Gasteiger partial charge in [-0.05, 0) is 149 Å². The second-order valence-corrected chi connectivity index (χ2v) is 25.6. The Morgan fingerprint density at radius 2 is 0.421 bits per heavy atom. The van der Waals surface area contributed by atoms with E-state index in [0.29, 0.717) is 0 Å². The van der Waals surface area contributed by atoms with Crippen LogP contribution in [0.5, 0.6) is 0 Å². The summed E-state index contributed by atoms with van der Waals surface area (Å²) in [6.07, 6.45) is 0. The first-order valence-corrected chi connectivity index (χ1v) is 27.3. The maximum Gasteiger partial charge on any atom is 0.0541 e. The van der Waals surface area contributed by atoms with Crippen LogP contribution in [0.15, 0.2) is 206 Å². The molecule has 0 aliphatic heterocycles. The van der Waals surface area contributed by atoms with Gasteiger partial charge in [-0.25, -0.2) is 0 Å². The zero-order valence-electron chi connectivity index (χ0n) is 46.5. The lowest BCUT2D eigenvalue weighted by Gasteiger charge is -2.19. The van der Waals surface area contributed by atoms with Gasteiger partial charge < -0.3 is 9.13 Å². The Balaban J connectivity index is 1.05. The van der Waals surface area contributed by atoms with Gasteiger partial charge in [0.15, 0.2) is 0 Å². The number of aromatic nitrogens is 2. The molecule has 2 aromatic heterocycles. The number of nitrogens with zero attached hydrogens (tertiary/aromatic N) is 2. The van der Waals surface area contributed by atoms with Crippen LogP contribution in [0.3, 0.4) is 0 Å². The zero-order valence-corrected chi connectivity index (χ0v) is 46.5. The summed E-state index contributed by atoms with van der Waals surface area (Å²) in [6.45, 7) is 27.4. The summed E-state index contributed by atoms with van der Waals surface area (Å²) in [4.78, 5) is 0. The van der Waals surface area contributed by atoms with Gasteiger partial charge in [-0.3, -0.25) is 0 Å². The molecule has 0 aliphatic carbocycles. The molecular formula is C74H70N2. The molecule has 0 unspecified atom stereocenters. The number of rotatable bonds is 6. The van der Waals surface area contributed by atoms with Crippen LogP contribution >= 0.6 is 0 Å². The zero-order chi connectivity index (χ0) is 53.1. The van der Waals surface area contributed by atoms with Crippen LogP contribution in [0.4, 0.5) is 0 Å². The average Bonchev–Trinajstić information content (AvgIpc) is 3.94. The van der Waals surface area contributed by atoms with Crippen molar-refractivity contribution in [1.29, 1.82) is 0 Å². The highest BCUT2D eigenvalue weighted by Gasteiger charge is 2.22. The lowest BCUT2D eigenvalue weighted by molar-refractivity contribution is 0.590. The van der Waals surface area contributed by atoms with Gasteiger partial charge in [-0.1, -0.05) is 229 Å². The predicted octanol–water partition coefficient (Wildman–Crippen LogP) is 20.9. The summed E-state index contributed by atoms with van der Waals surface area (Å²) < 4.78 is 5.02. The smallest absolute Gasteiger partial charge is 0.0541 e. The number of fused-ring (bicyclic) bond motifs is 7. The SMILES string of the molecule is CC(C)(C)c1ccc(-c2ccc3c(c2)c2cc(-c4ccc(C(C)(C)C)cc4)ccc2n3-c2cccc3c(-n4c5ccc(-c6ccc(C(C)(C)C)cc6)cc5c5cc(-c6ccc(C(C)(C)C)cc6)ccc54)cccc23)cc1. The van der Waals surface area contributed by atoms with Crippen LogP contribution < -0.4 is 0 Å². The van der Waals surface area contributed by atoms with Crippen molar-refractivity contribution < 1.29 is 0 Å². The average molecular weight is 987 g/mol. The molecule has 0 spiro atoms. The van der Waals surface area contributed by atoms with Crippen LogP contribution in [0.2, 0.25) is 0 Å². The highest BCUT2D eigenvalue weighted by Crippen LogP contribution is 2.43. The number of benzene rings is 10. The standard InChI is InChI=1S/C74H70N2/c1-71(2,3)55-31-19-47(20-32-55)51-27-39-67-61(43-51)62-44-52(48-21-33-56(34-22-48)72(4,5)6)28-40-68(62)75(67)65-17-13-16-60-59(65)15-14-18-66(60)76-69-41-29-53(49-23-35-57(36-24-49)73(7,8)9)45-63(69)64-46-54(30-42-70(64)76)50-25-37-58(38-26-50)74(10,11)12/h13-46H,1-12H3.